The van der Waals surface area contributed by atoms with Gasteiger partial charge in [-0.25, -0.2) is 4.98 Å². The van der Waals surface area contributed by atoms with Crippen molar-refractivity contribution in [2.45, 2.75) is 12.3 Å². The van der Waals surface area contributed by atoms with Crippen molar-refractivity contribution >= 4 is 44.5 Å². The third-order valence-electron chi connectivity index (χ3n) is 4.56. The van der Waals surface area contributed by atoms with Crippen LogP contribution in [0.15, 0.2) is 45.6 Å². The molecule has 1 aliphatic rings. The molecule has 1 aliphatic heterocycles. The summed E-state index contributed by atoms with van der Waals surface area (Å²) in [7, 11) is 1.67. The van der Waals surface area contributed by atoms with E-state index in [9.17, 15) is 4.79 Å². The number of amides is 1. The largest absolute Gasteiger partial charge is 0.497 e. The van der Waals surface area contributed by atoms with E-state index in [-0.39, 0.29) is 5.91 Å². The van der Waals surface area contributed by atoms with Gasteiger partial charge in [0.15, 0.2) is 0 Å². The number of methoxy groups -OCH3 is 1. The molecule has 1 aromatic carbocycles. The number of halogens is 1. The predicted octanol–water partition coefficient (Wildman–Crippen LogP) is 5.27. The topological polar surface area (TPSA) is 42.4 Å². The lowest BCUT2D eigenvalue weighted by Crippen LogP contribution is -2.28. The quantitative estimate of drug-likeness (QED) is 0.545. The summed E-state index contributed by atoms with van der Waals surface area (Å²) in [5.74, 6) is 1.25. The highest BCUT2D eigenvalue weighted by Crippen LogP contribution is 2.33. The van der Waals surface area contributed by atoms with Crippen LogP contribution in [0.4, 0.5) is 0 Å². The first-order valence-corrected chi connectivity index (χ1v) is 10.8. The van der Waals surface area contributed by atoms with Gasteiger partial charge in [0.2, 0.25) is 0 Å². The fraction of sp³-hybridized carbons (Fsp3) is 0.263. The summed E-state index contributed by atoms with van der Waals surface area (Å²) < 4.78 is 6.26. The minimum Gasteiger partial charge on any atom is -0.497 e. The second-order valence-electron chi connectivity index (χ2n) is 6.18. The fourth-order valence-corrected chi connectivity index (χ4v) is 5.47. The molecular weight excluding hydrogens is 432 g/mol. The molecule has 1 fully saturated rings. The van der Waals surface area contributed by atoms with Gasteiger partial charge in [0.1, 0.15) is 16.5 Å². The monoisotopic (exact) mass is 448 g/mol. The van der Waals surface area contributed by atoms with Crippen LogP contribution in [0.1, 0.15) is 28.4 Å². The Hall–Kier alpha value is -1.70. The molecule has 3 aromatic rings. The van der Waals surface area contributed by atoms with E-state index in [0.29, 0.717) is 11.6 Å². The van der Waals surface area contributed by atoms with E-state index < -0.39 is 0 Å². The number of rotatable bonds is 4. The van der Waals surface area contributed by atoms with Crippen LogP contribution in [-0.2, 0) is 0 Å². The molecule has 7 heteroatoms. The smallest absolute Gasteiger partial charge is 0.273 e. The van der Waals surface area contributed by atoms with E-state index in [1.54, 1.807) is 18.4 Å². The van der Waals surface area contributed by atoms with Crippen molar-refractivity contribution in [1.29, 1.82) is 0 Å². The molecule has 0 saturated carbocycles. The van der Waals surface area contributed by atoms with Gasteiger partial charge in [-0.1, -0.05) is 12.1 Å². The normalized spacial score (nSPS) is 16.8. The molecule has 0 N–H and O–H groups in total. The highest BCUT2D eigenvalue weighted by atomic mass is 79.9. The highest BCUT2D eigenvalue weighted by molar-refractivity contribution is 9.10. The Kier molecular flexibility index (Phi) is 5.11. The number of ether oxygens (including phenoxy) is 1. The zero-order chi connectivity index (χ0) is 18.1. The summed E-state index contributed by atoms with van der Waals surface area (Å²) in [6, 6.07) is 10.2. The second kappa shape index (κ2) is 7.50. The molecule has 1 atom stereocenters. The van der Waals surface area contributed by atoms with Crippen LogP contribution in [0.2, 0.25) is 0 Å². The number of hydrogen-bond donors (Lipinski definition) is 0. The lowest BCUT2D eigenvalue weighted by atomic mass is 9.98. The van der Waals surface area contributed by atoms with Gasteiger partial charge in [-0.3, -0.25) is 4.79 Å². The zero-order valence-electron chi connectivity index (χ0n) is 14.1. The molecule has 134 valence electrons. The third-order valence-corrected chi connectivity index (χ3v) is 7.27. The molecule has 2 aromatic heterocycles. The molecule has 4 nitrogen and oxygen atoms in total. The standard InChI is InChI=1S/C19H17BrN2O2S2/c1-24-15-4-2-12(3-5-15)13-6-7-22(9-13)19(23)16-11-26-18(21-16)17-8-14(20)10-25-17/h2-5,8,10-11,13H,6-7,9H2,1H3. The Labute approximate surface area is 168 Å². The Morgan fingerprint density at radius 3 is 2.77 bits per heavy atom. The van der Waals surface area contributed by atoms with Gasteiger partial charge in [0.25, 0.3) is 5.91 Å². The summed E-state index contributed by atoms with van der Waals surface area (Å²) in [4.78, 5) is 20.4. The number of likely N-dealkylation sites (tertiary alicyclic amines) is 1. The Morgan fingerprint density at radius 2 is 2.08 bits per heavy atom. The van der Waals surface area contributed by atoms with Crippen molar-refractivity contribution in [3.8, 4) is 15.6 Å². The first-order valence-electron chi connectivity index (χ1n) is 8.27. The van der Waals surface area contributed by atoms with Crippen LogP contribution >= 0.6 is 38.6 Å². The van der Waals surface area contributed by atoms with Crippen LogP contribution < -0.4 is 4.74 Å². The van der Waals surface area contributed by atoms with Crippen LogP contribution in [-0.4, -0.2) is 36.0 Å². The Morgan fingerprint density at radius 1 is 1.27 bits per heavy atom. The number of thiazole rings is 1. The molecule has 0 bridgehead atoms. The number of benzene rings is 1. The molecule has 3 heterocycles. The summed E-state index contributed by atoms with van der Waals surface area (Å²) >= 11 is 6.61. The van der Waals surface area contributed by atoms with Gasteiger partial charge in [0, 0.05) is 34.2 Å². The average Bonchev–Trinajstić information content (AvgIpc) is 3.41. The van der Waals surface area contributed by atoms with E-state index in [0.717, 1.165) is 39.6 Å². The number of hydrogen-bond acceptors (Lipinski definition) is 5. The van der Waals surface area contributed by atoms with Crippen LogP contribution in [0.25, 0.3) is 9.88 Å². The van der Waals surface area contributed by atoms with E-state index >= 15 is 0 Å². The first-order chi connectivity index (χ1) is 12.6. The number of aromatic nitrogens is 1. The van der Waals surface area contributed by atoms with Gasteiger partial charge in [-0.2, -0.15) is 0 Å². The van der Waals surface area contributed by atoms with E-state index in [2.05, 4.69) is 33.0 Å². The molecular formula is C19H17BrN2O2S2. The molecule has 26 heavy (non-hydrogen) atoms. The van der Waals surface area contributed by atoms with Crippen molar-refractivity contribution in [1.82, 2.24) is 9.88 Å². The van der Waals surface area contributed by atoms with Crippen molar-refractivity contribution in [3.05, 3.63) is 56.8 Å². The maximum atomic E-state index is 12.8. The van der Waals surface area contributed by atoms with Gasteiger partial charge in [-0.05, 0) is 46.1 Å². The minimum absolute atomic E-state index is 0.0270. The molecule has 0 spiro atoms. The molecule has 0 aliphatic carbocycles. The third kappa shape index (κ3) is 3.56. The summed E-state index contributed by atoms with van der Waals surface area (Å²) in [6.07, 6.45) is 0.979. The highest BCUT2D eigenvalue weighted by Gasteiger charge is 2.29. The molecule has 1 unspecified atom stereocenters. The number of thiophene rings is 1. The summed E-state index contributed by atoms with van der Waals surface area (Å²) in [6.45, 7) is 1.51. The number of nitrogens with zero attached hydrogens (tertiary/aromatic N) is 2. The summed E-state index contributed by atoms with van der Waals surface area (Å²) in [5.41, 5.74) is 1.80. The van der Waals surface area contributed by atoms with Gasteiger partial charge < -0.3 is 9.64 Å². The maximum absolute atomic E-state index is 12.8. The number of carbonyl (C=O) groups excluding carboxylic acids is 1. The van der Waals surface area contributed by atoms with Crippen molar-refractivity contribution in [3.63, 3.8) is 0 Å². The molecule has 1 saturated heterocycles. The first kappa shape index (κ1) is 17.7. The van der Waals surface area contributed by atoms with Crippen LogP contribution in [0.3, 0.4) is 0 Å². The molecule has 1 amide bonds. The summed E-state index contributed by atoms with van der Waals surface area (Å²) in [5, 5.41) is 4.79. The lowest BCUT2D eigenvalue weighted by Gasteiger charge is -2.15. The predicted molar refractivity (Wildman–Crippen MR) is 109 cm³/mol. The Balaban J connectivity index is 1.45. The van der Waals surface area contributed by atoms with Crippen molar-refractivity contribution < 1.29 is 9.53 Å². The minimum atomic E-state index is 0.0270. The van der Waals surface area contributed by atoms with E-state index in [1.165, 1.54) is 16.9 Å². The lowest BCUT2D eigenvalue weighted by molar-refractivity contribution is 0.0786. The van der Waals surface area contributed by atoms with E-state index in [1.807, 2.05) is 33.9 Å². The van der Waals surface area contributed by atoms with Gasteiger partial charge >= 0.3 is 0 Å². The average molecular weight is 449 g/mol. The molecule has 0 radical (unpaired) electrons. The zero-order valence-corrected chi connectivity index (χ0v) is 17.4. The van der Waals surface area contributed by atoms with Gasteiger partial charge in [0.05, 0.1) is 12.0 Å². The van der Waals surface area contributed by atoms with Crippen molar-refractivity contribution in [2.24, 2.45) is 0 Å². The van der Waals surface area contributed by atoms with Crippen molar-refractivity contribution in [2.75, 3.05) is 20.2 Å². The van der Waals surface area contributed by atoms with Crippen LogP contribution in [0.5, 0.6) is 5.75 Å². The second-order valence-corrected chi connectivity index (χ2v) is 8.86. The fourth-order valence-electron chi connectivity index (χ4n) is 3.17. The number of carbonyl (C=O) groups is 1. The van der Waals surface area contributed by atoms with Crippen LogP contribution in [0, 0.1) is 0 Å². The maximum Gasteiger partial charge on any atom is 0.273 e. The SMILES string of the molecule is COc1ccc(C2CCN(C(=O)c3csc(-c4cc(Br)cs4)n3)C2)cc1. The van der Waals surface area contributed by atoms with Gasteiger partial charge in [-0.15, -0.1) is 22.7 Å². The van der Waals surface area contributed by atoms with E-state index in [4.69, 9.17) is 4.74 Å². The molecule has 4 rings (SSSR count). The Bertz CT molecular complexity index is 920.